The van der Waals surface area contributed by atoms with Gasteiger partial charge in [0, 0.05) is 43.3 Å². The quantitative estimate of drug-likeness (QED) is 0.670. The highest BCUT2D eigenvalue weighted by Crippen LogP contribution is 2.41. The van der Waals surface area contributed by atoms with E-state index in [1.807, 2.05) is 0 Å². The predicted octanol–water partition coefficient (Wildman–Crippen LogP) is 2.30. The molecule has 2 heterocycles. The lowest BCUT2D eigenvalue weighted by molar-refractivity contribution is -0.141. The molecule has 1 aliphatic rings. The van der Waals surface area contributed by atoms with Crippen LogP contribution in [0.25, 0.3) is 0 Å². The summed E-state index contributed by atoms with van der Waals surface area (Å²) in [6, 6.07) is 7.99. The highest BCUT2D eigenvalue weighted by atomic mass is 16.5. The number of phenols is 1. The first kappa shape index (κ1) is 16.0. The minimum atomic E-state index is -1.19. The molecule has 1 aromatic heterocycles. The van der Waals surface area contributed by atoms with Gasteiger partial charge in [0.15, 0.2) is 5.60 Å². The number of ketones is 1. The molecule has 0 aliphatic carbocycles. The highest BCUT2D eigenvalue weighted by molar-refractivity contribution is 6.03. The second-order valence-corrected chi connectivity index (χ2v) is 5.71. The zero-order valence-corrected chi connectivity index (χ0v) is 13.2. The lowest BCUT2D eigenvalue weighted by atomic mass is 9.85. The fourth-order valence-corrected chi connectivity index (χ4v) is 2.89. The van der Waals surface area contributed by atoms with E-state index in [-0.39, 0.29) is 24.4 Å². The lowest BCUT2D eigenvalue weighted by Gasteiger charge is -2.27. The van der Waals surface area contributed by atoms with Gasteiger partial charge in [-0.25, -0.2) is 0 Å². The SMILES string of the molecule is COC(=O)CCC1(C(=O)c2ccncc2)Cc2ccc(O)cc2O1. The molecular formula is C18H17NO5. The molecule has 1 aromatic carbocycles. The Morgan fingerprint density at radius 3 is 2.75 bits per heavy atom. The van der Waals surface area contributed by atoms with E-state index in [4.69, 9.17) is 4.74 Å². The first-order valence-electron chi connectivity index (χ1n) is 7.57. The maximum absolute atomic E-state index is 13.1. The van der Waals surface area contributed by atoms with Crippen LogP contribution in [0, 0.1) is 0 Å². The van der Waals surface area contributed by atoms with Crippen LogP contribution in [-0.4, -0.2) is 34.6 Å². The minimum absolute atomic E-state index is 0.0628. The Bertz CT molecular complexity index is 774. The third-order valence-corrected chi connectivity index (χ3v) is 4.15. The van der Waals surface area contributed by atoms with Crippen LogP contribution >= 0.6 is 0 Å². The standard InChI is InChI=1S/C18H17NO5/c1-23-16(21)4-7-18(17(22)12-5-8-19-9-6-12)11-13-2-3-14(20)10-15(13)24-18/h2-3,5-6,8-10,20H,4,7,11H2,1H3. The van der Waals surface area contributed by atoms with Crippen LogP contribution in [0.2, 0.25) is 0 Å². The summed E-state index contributed by atoms with van der Waals surface area (Å²) in [7, 11) is 1.31. The fourth-order valence-electron chi connectivity index (χ4n) is 2.89. The van der Waals surface area contributed by atoms with Gasteiger partial charge in [0.05, 0.1) is 7.11 Å². The molecule has 124 valence electrons. The van der Waals surface area contributed by atoms with Crippen molar-refractivity contribution in [3.63, 3.8) is 0 Å². The van der Waals surface area contributed by atoms with E-state index in [9.17, 15) is 14.7 Å². The van der Waals surface area contributed by atoms with Gasteiger partial charge in [-0.2, -0.15) is 0 Å². The molecule has 6 nitrogen and oxygen atoms in total. The Kier molecular flexibility index (Phi) is 4.20. The third-order valence-electron chi connectivity index (χ3n) is 4.15. The molecule has 0 fully saturated rings. The number of esters is 1. The number of methoxy groups -OCH3 is 1. The normalized spacial score (nSPS) is 18.5. The van der Waals surface area contributed by atoms with Crippen LogP contribution in [0.5, 0.6) is 11.5 Å². The summed E-state index contributed by atoms with van der Waals surface area (Å²) in [4.78, 5) is 28.5. The number of fused-ring (bicyclic) bond motifs is 1. The minimum Gasteiger partial charge on any atom is -0.508 e. The molecule has 2 aromatic rings. The number of benzene rings is 1. The zero-order chi connectivity index (χ0) is 17.2. The van der Waals surface area contributed by atoms with E-state index in [0.29, 0.717) is 17.7 Å². The number of hydrogen-bond donors (Lipinski definition) is 1. The van der Waals surface area contributed by atoms with Gasteiger partial charge in [-0.15, -0.1) is 0 Å². The summed E-state index contributed by atoms with van der Waals surface area (Å²) in [6.07, 6.45) is 3.66. The van der Waals surface area contributed by atoms with Crippen molar-refractivity contribution in [2.45, 2.75) is 24.9 Å². The predicted molar refractivity (Wildman–Crippen MR) is 85.0 cm³/mol. The molecule has 0 saturated carbocycles. The maximum atomic E-state index is 13.1. The first-order valence-corrected chi connectivity index (χ1v) is 7.57. The van der Waals surface area contributed by atoms with Crippen molar-refractivity contribution in [2.24, 2.45) is 0 Å². The van der Waals surface area contributed by atoms with Gasteiger partial charge in [-0.3, -0.25) is 14.6 Å². The molecule has 1 unspecified atom stereocenters. The van der Waals surface area contributed by atoms with Crippen molar-refractivity contribution in [2.75, 3.05) is 7.11 Å². The van der Waals surface area contributed by atoms with Crippen molar-refractivity contribution >= 4 is 11.8 Å². The molecule has 24 heavy (non-hydrogen) atoms. The third kappa shape index (κ3) is 2.95. The fraction of sp³-hybridized carbons (Fsp3) is 0.278. The van der Waals surface area contributed by atoms with Crippen LogP contribution in [-0.2, 0) is 16.0 Å². The average molecular weight is 327 g/mol. The molecule has 1 N–H and O–H groups in total. The Morgan fingerprint density at radius 1 is 1.29 bits per heavy atom. The molecule has 6 heteroatoms. The first-order chi connectivity index (χ1) is 11.5. The average Bonchev–Trinajstić information content (AvgIpc) is 2.98. The van der Waals surface area contributed by atoms with Gasteiger partial charge < -0.3 is 14.6 Å². The summed E-state index contributed by atoms with van der Waals surface area (Å²) in [5, 5.41) is 9.63. The van der Waals surface area contributed by atoms with Gasteiger partial charge in [-0.1, -0.05) is 6.07 Å². The van der Waals surface area contributed by atoms with Crippen LogP contribution in [0.4, 0.5) is 0 Å². The van der Waals surface area contributed by atoms with Crippen LogP contribution < -0.4 is 4.74 Å². The van der Waals surface area contributed by atoms with Crippen LogP contribution in [0.3, 0.4) is 0 Å². The Labute approximate surface area is 139 Å². The second kappa shape index (κ2) is 6.31. The van der Waals surface area contributed by atoms with Gasteiger partial charge in [0.25, 0.3) is 0 Å². The van der Waals surface area contributed by atoms with Crippen molar-refractivity contribution in [1.29, 1.82) is 0 Å². The van der Waals surface area contributed by atoms with E-state index < -0.39 is 11.6 Å². The van der Waals surface area contributed by atoms with E-state index >= 15 is 0 Å². The summed E-state index contributed by atoms with van der Waals surface area (Å²) in [6.45, 7) is 0. The second-order valence-electron chi connectivity index (χ2n) is 5.71. The number of ether oxygens (including phenoxy) is 2. The topological polar surface area (TPSA) is 85.7 Å². The monoisotopic (exact) mass is 327 g/mol. The van der Waals surface area contributed by atoms with E-state index in [0.717, 1.165) is 5.56 Å². The van der Waals surface area contributed by atoms with E-state index in [1.165, 1.54) is 25.6 Å². The Morgan fingerprint density at radius 2 is 2.04 bits per heavy atom. The summed E-state index contributed by atoms with van der Waals surface area (Å²) in [5.74, 6) is -0.0973. The number of nitrogens with zero attached hydrogens (tertiary/aromatic N) is 1. The lowest BCUT2D eigenvalue weighted by Crippen LogP contribution is -2.44. The number of rotatable bonds is 5. The molecule has 3 rings (SSSR count). The van der Waals surface area contributed by atoms with Crippen molar-refractivity contribution in [3.8, 4) is 11.5 Å². The Hall–Kier alpha value is -2.89. The van der Waals surface area contributed by atoms with Gasteiger partial charge in [-0.05, 0) is 23.8 Å². The number of Topliss-reactive ketones (excluding diaryl/α,β-unsaturated/α-hetero) is 1. The summed E-state index contributed by atoms with van der Waals surface area (Å²) >= 11 is 0. The number of carbonyl (C=O) groups excluding carboxylic acids is 2. The summed E-state index contributed by atoms with van der Waals surface area (Å²) in [5.41, 5.74) is 0.0954. The zero-order valence-electron chi connectivity index (χ0n) is 13.2. The molecule has 1 atom stereocenters. The van der Waals surface area contributed by atoms with Crippen LogP contribution in [0.15, 0.2) is 42.7 Å². The van der Waals surface area contributed by atoms with Gasteiger partial charge in [0.2, 0.25) is 5.78 Å². The smallest absolute Gasteiger partial charge is 0.305 e. The van der Waals surface area contributed by atoms with Gasteiger partial charge in [0.1, 0.15) is 11.5 Å². The van der Waals surface area contributed by atoms with Crippen molar-refractivity contribution in [1.82, 2.24) is 4.98 Å². The highest BCUT2D eigenvalue weighted by Gasteiger charge is 2.46. The number of carbonyl (C=O) groups is 2. The van der Waals surface area contributed by atoms with E-state index in [2.05, 4.69) is 9.72 Å². The number of phenolic OH excluding ortho intramolecular Hbond substituents is 1. The molecule has 0 bridgehead atoms. The number of hydrogen-bond acceptors (Lipinski definition) is 6. The van der Waals surface area contributed by atoms with Crippen molar-refractivity contribution < 1.29 is 24.2 Å². The van der Waals surface area contributed by atoms with Crippen molar-refractivity contribution in [3.05, 3.63) is 53.9 Å². The number of pyridine rings is 1. The molecule has 0 spiro atoms. The molecule has 0 saturated heterocycles. The van der Waals surface area contributed by atoms with E-state index in [1.54, 1.807) is 24.3 Å². The Balaban J connectivity index is 1.94. The van der Waals surface area contributed by atoms with Crippen LogP contribution in [0.1, 0.15) is 28.8 Å². The molecule has 0 radical (unpaired) electrons. The van der Waals surface area contributed by atoms with Gasteiger partial charge >= 0.3 is 5.97 Å². The molecular weight excluding hydrogens is 310 g/mol. The maximum Gasteiger partial charge on any atom is 0.305 e. The largest absolute Gasteiger partial charge is 0.508 e. The molecule has 1 aliphatic heterocycles. The number of aromatic nitrogens is 1. The molecule has 0 amide bonds. The summed E-state index contributed by atoms with van der Waals surface area (Å²) < 4.78 is 10.6. The number of aromatic hydroxyl groups is 1.